The molecule has 3 N–H and O–H groups in total. The lowest BCUT2D eigenvalue weighted by Crippen LogP contribution is -2.25. The molecule has 3 aromatic rings. The Morgan fingerprint density at radius 1 is 1.18 bits per heavy atom. The summed E-state index contributed by atoms with van der Waals surface area (Å²) in [4.78, 5) is 12.0. The largest absolute Gasteiger partial charge is 0.494 e. The molecule has 0 saturated heterocycles. The summed E-state index contributed by atoms with van der Waals surface area (Å²) in [5.41, 5.74) is 1.62. The Bertz CT molecular complexity index is 929. The fourth-order valence-corrected chi connectivity index (χ4v) is 3.11. The highest BCUT2D eigenvalue weighted by atomic mass is 32.2. The molecule has 0 saturated carbocycles. The van der Waals surface area contributed by atoms with Gasteiger partial charge in [0, 0.05) is 12.1 Å². The molecule has 2 aromatic carbocycles. The van der Waals surface area contributed by atoms with Crippen molar-refractivity contribution >= 4 is 17.7 Å². The van der Waals surface area contributed by atoms with E-state index in [9.17, 15) is 9.18 Å². The van der Waals surface area contributed by atoms with E-state index in [1.54, 1.807) is 12.1 Å². The second-order valence-electron chi connectivity index (χ2n) is 5.83. The second-order valence-corrected chi connectivity index (χ2v) is 6.77. The Morgan fingerprint density at radius 3 is 2.57 bits per heavy atom. The maximum atomic E-state index is 12.9. The van der Waals surface area contributed by atoms with Crippen LogP contribution in [0.25, 0.3) is 11.4 Å². The van der Waals surface area contributed by atoms with Crippen LogP contribution >= 0.6 is 11.8 Å². The van der Waals surface area contributed by atoms with Crippen LogP contribution in [0, 0.1) is 5.82 Å². The molecule has 3 rings (SSSR count). The quantitative estimate of drug-likeness (QED) is 0.445. The van der Waals surface area contributed by atoms with Gasteiger partial charge >= 0.3 is 0 Å². The average Bonchev–Trinajstić information content (AvgIpc) is 3.07. The zero-order valence-corrected chi connectivity index (χ0v) is 16.1. The zero-order valence-electron chi connectivity index (χ0n) is 15.3. The molecule has 0 unspecified atom stereocenters. The number of ether oxygens (including phenoxy) is 1. The van der Waals surface area contributed by atoms with E-state index in [-0.39, 0.29) is 17.5 Å². The van der Waals surface area contributed by atoms with Crippen molar-refractivity contribution < 1.29 is 13.9 Å². The zero-order chi connectivity index (χ0) is 19.9. The van der Waals surface area contributed by atoms with Crippen LogP contribution in [-0.4, -0.2) is 33.1 Å². The molecule has 7 nitrogen and oxygen atoms in total. The average molecular weight is 401 g/mol. The molecular formula is C19H20FN5O2S. The molecule has 1 aromatic heterocycles. The number of hydrogen-bond acceptors (Lipinski definition) is 6. The maximum Gasteiger partial charge on any atom is 0.230 e. The van der Waals surface area contributed by atoms with Crippen molar-refractivity contribution in [2.75, 3.05) is 18.2 Å². The maximum absolute atomic E-state index is 12.9. The smallest absolute Gasteiger partial charge is 0.230 e. The summed E-state index contributed by atoms with van der Waals surface area (Å²) in [6, 6.07) is 13.3. The summed E-state index contributed by atoms with van der Waals surface area (Å²) in [6.45, 7) is 2.84. The highest BCUT2D eigenvalue weighted by Gasteiger charge is 2.14. The number of nitrogens with zero attached hydrogens (tertiary/aromatic N) is 3. The molecule has 146 valence electrons. The molecule has 0 radical (unpaired) electrons. The van der Waals surface area contributed by atoms with Gasteiger partial charge in [0.15, 0.2) is 5.82 Å². The number of aromatic nitrogens is 3. The SMILES string of the molecule is CCOc1ccc(-c2nnc(SCC(=O)NCc3ccc(F)cc3)n2N)cc1. The van der Waals surface area contributed by atoms with Crippen LogP contribution in [0.15, 0.2) is 53.7 Å². The van der Waals surface area contributed by atoms with Gasteiger partial charge in [-0.05, 0) is 48.9 Å². The number of halogens is 1. The number of carbonyl (C=O) groups excluding carboxylic acids is 1. The third-order valence-corrected chi connectivity index (χ3v) is 4.77. The van der Waals surface area contributed by atoms with Crippen molar-refractivity contribution in [1.29, 1.82) is 0 Å². The van der Waals surface area contributed by atoms with Crippen molar-refractivity contribution in [2.24, 2.45) is 0 Å². The van der Waals surface area contributed by atoms with Crippen LogP contribution in [0.5, 0.6) is 5.75 Å². The van der Waals surface area contributed by atoms with Crippen molar-refractivity contribution in [3.05, 3.63) is 59.9 Å². The first kappa shape index (κ1) is 19.7. The first-order valence-electron chi connectivity index (χ1n) is 8.64. The van der Waals surface area contributed by atoms with E-state index >= 15 is 0 Å². The molecular weight excluding hydrogens is 381 g/mol. The molecule has 0 fully saturated rings. The van der Waals surface area contributed by atoms with Crippen molar-refractivity contribution in [2.45, 2.75) is 18.6 Å². The number of carbonyl (C=O) groups is 1. The number of hydrogen-bond donors (Lipinski definition) is 2. The predicted octanol–water partition coefficient (Wildman–Crippen LogP) is 2.61. The lowest BCUT2D eigenvalue weighted by molar-refractivity contribution is -0.118. The summed E-state index contributed by atoms with van der Waals surface area (Å²) in [6.07, 6.45) is 0. The van der Waals surface area contributed by atoms with E-state index in [1.807, 2.05) is 31.2 Å². The van der Waals surface area contributed by atoms with E-state index < -0.39 is 0 Å². The van der Waals surface area contributed by atoms with Crippen LogP contribution in [0.3, 0.4) is 0 Å². The number of nitrogen functional groups attached to an aromatic ring is 1. The summed E-state index contributed by atoms with van der Waals surface area (Å²) >= 11 is 1.19. The van der Waals surface area contributed by atoms with E-state index in [0.717, 1.165) is 16.9 Å². The number of amides is 1. The summed E-state index contributed by atoms with van der Waals surface area (Å²) in [7, 11) is 0. The Balaban J connectivity index is 1.55. The highest BCUT2D eigenvalue weighted by molar-refractivity contribution is 7.99. The third-order valence-electron chi connectivity index (χ3n) is 3.82. The topological polar surface area (TPSA) is 95.1 Å². The van der Waals surface area contributed by atoms with Gasteiger partial charge in [0.1, 0.15) is 11.6 Å². The monoisotopic (exact) mass is 401 g/mol. The fourth-order valence-electron chi connectivity index (χ4n) is 2.42. The Morgan fingerprint density at radius 2 is 1.89 bits per heavy atom. The first-order chi connectivity index (χ1) is 13.6. The standard InChI is InChI=1S/C19H20FN5O2S/c1-2-27-16-9-5-14(6-10-16)18-23-24-19(25(18)21)28-12-17(26)22-11-13-3-7-15(20)8-4-13/h3-10H,2,11-12,21H2,1H3,(H,22,26). The van der Waals surface area contributed by atoms with Crippen molar-refractivity contribution in [1.82, 2.24) is 20.2 Å². The van der Waals surface area contributed by atoms with Crippen LogP contribution in [0.1, 0.15) is 12.5 Å². The second kappa shape index (κ2) is 9.23. The van der Waals surface area contributed by atoms with Gasteiger partial charge in [0.2, 0.25) is 11.1 Å². The summed E-state index contributed by atoms with van der Waals surface area (Å²) in [5.74, 6) is 6.98. The minimum absolute atomic E-state index is 0.139. The molecule has 0 spiro atoms. The van der Waals surface area contributed by atoms with Gasteiger partial charge in [-0.25, -0.2) is 9.07 Å². The van der Waals surface area contributed by atoms with E-state index in [1.165, 1.54) is 28.6 Å². The Kier molecular flexibility index (Phi) is 6.49. The number of benzene rings is 2. The molecule has 0 aliphatic carbocycles. The molecule has 0 aliphatic heterocycles. The van der Waals surface area contributed by atoms with Crippen molar-refractivity contribution in [3.8, 4) is 17.1 Å². The van der Waals surface area contributed by atoms with Crippen LogP contribution < -0.4 is 15.9 Å². The van der Waals surface area contributed by atoms with Crippen molar-refractivity contribution in [3.63, 3.8) is 0 Å². The fraction of sp³-hybridized carbons (Fsp3) is 0.211. The molecule has 0 aliphatic rings. The number of nitrogens with two attached hydrogens (primary N) is 1. The number of nitrogens with one attached hydrogen (secondary N) is 1. The first-order valence-corrected chi connectivity index (χ1v) is 9.63. The summed E-state index contributed by atoms with van der Waals surface area (Å²) in [5, 5.41) is 11.4. The van der Waals surface area contributed by atoms with Gasteiger partial charge < -0.3 is 15.9 Å². The minimum atomic E-state index is -0.309. The van der Waals surface area contributed by atoms with Gasteiger partial charge in [-0.3, -0.25) is 4.79 Å². The van der Waals surface area contributed by atoms with Gasteiger partial charge in [-0.1, -0.05) is 23.9 Å². The van der Waals surface area contributed by atoms with Gasteiger partial charge in [-0.15, -0.1) is 10.2 Å². The summed E-state index contributed by atoms with van der Waals surface area (Å²) < 4.78 is 19.7. The van der Waals surface area contributed by atoms with Crippen LogP contribution in [0.2, 0.25) is 0 Å². The van der Waals surface area contributed by atoms with Crippen LogP contribution in [-0.2, 0) is 11.3 Å². The molecule has 1 amide bonds. The Labute approximate surface area is 166 Å². The number of rotatable bonds is 8. The molecule has 1 heterocycles. The normalized spacial score (nSPS) is 10.6. The van der Waals surface area contributed by atoms with E-state index in [2.05, 4.69) is 15.5 Å². The predicted molar refractivity (Wildman–Crippen MR) is 106 cm³/mol. The van der Waals surface area contributed by atoms with E-state index in [4.69, 9.17) is 10.6 Å². The lowest BCUT2D eigenvalue weighted by Gasteiger charge is -2.06. The van der Waals surface area contributed by atoms with Crippen LogP contribution in [0.4, 0.5) is 4.39 Å². The lowest BCUT2D eigenvalue weighted by atomic mass is 10.2. The number of thioether (sulfide) groups is 1. The highest BCUT2D eigenvalue weighted by Crippen LogP contribution is 2.23. The molecule has 0 bridgehead atoms. The molecule has 28 heavy (non-hydrogen) atoms. The minimum Gasteiger partial charge on any atom is -0.494 e. The van der Waals surface area contributed by atoms with Gasteiger partial charge in [0.05, 0.1) is 12.4 Å². The molecule has 0 atom stereocenters. The third kappa shape index (κ3) is 5.01. The van der Waals surface area contributed by atoms with Gasteiger partial charge in [-0.2, -0.15) is 0 Å². The van der Waals surface area contributed by atoms with E-state index in [0.29, 0.717) is 24.1 Å². The Hall–Kier alpha value is -3.07. The van der Waals surface area contributed by atoms with Gasteiger partial charge in [0.25, 0.3) is 0 Å². The molecule has 9 heteroatoms.